The first kappa shape index (κ1) is 8.81. The van der Waals surface area contributed by atoms with E-state index in [0.717, 1.165) is 24.3 Å². The average molecular weight is 189 g/mol. The summed E-state index contributed by atoms with van der Waals surface area (Å²) in [7, 11) is 0. The van der Waals surface area contributed by atoms with Gasteiger partial charge in [-0.1, -0.05) is 0 Å². The molecule has 3 nitrogen and oxygen atoms in total. The fourth-order valence-corrected chi connectivity index (χ4v) is 2.79. The standard InChI is InChI=1S/C8H15NO2S/c9-5-7-6-10-8(11-7)1-3-12-4-2-8/h7H,1-6,9H2. The Kier molecular flexibility index (Phi) is 2.60. The lowest BCUT2D eigenvalue weighted by Crippen LogP contribution is -2.36. The van der Waals surface area contributed by atoms with Crippen LogP contribution in [0.2, 0.25) is 0 Å². The summed E-state index contributed by atoms with van der Waals surface area (Å²) in [4.78, 5) is 0. The molecule has 0 aromatic heterocycles. The predicted molar refractivity (Wildman–Crippen MR) is 49.2 cm³/mol. The van der Waals surface area contributed by atoms with E-state index < -0.39 is 0 Å². The highest BCUT2D eigenvalue weighted by atomic mass is 32.2. The van der Waals surface area contributed by atoms with Crippen LogP contribution in [0, 0.1) is 0 Å². The second-order valence-corrected chi connectivity index (χ2v) is 4.53. The number of ether oxygens (including phenoxy) is 2. The van der Waals surface area contributed by atoms with Gasteiger partial charge >= 0.3 is 0 Å². The second kappa shape index (κ2) is 3.54. The molecule has 0 bridgehead atoms. The molecule has 2 fully saturated rings. The van der Waals surface area contributed by atoms with Crippen LogP contribution in [0.4, 0.5) is 0 Å². The van der Waals surface area contributed by atoms with Crippen molar-refractivity contribution in [1.29, 1.82) is 0 Å². The van der Waals surface area contributed by atoms with E-state index in [2.05, 4.69) is 0 Å². The molecule has 2 saturated heterocycles. The van der Waals surface area contributed by atoms with Gasteiger partial charge in [0, 0.05) is 19.4 Å². The van der Waals surface area contributed by atoms with E-state index in [1.54, 1.807) is 0 Å². The first-order valence-corrected chi connectivity index (χ1v) is 5.60. The molecule has 70 valence electrons. The fourth-order valence-electron chi connectivity index (χ4n) is 1.68. The Morgan fingerprint density at radius 3 is 2.75 bits per heavy atom. The summed E-state index contributed by atoms with van der Waals surface area (Å²) in [6.07, 6.45) is 2.18. The molecule has 1 spiro atoms. The van der Waals surface area contributed by atoms with Crippen LogP contribution < -0.4 is 5.73 Å². The summed E-state index contributed by atoms with van der Waals surface area (Å²) in [6, 6.07) is 0. The minimum absolute atomic E-state index is 0.132. The average Bonchev–Trinajstić information content (AvgIpc) is 2.50. The number of hydrogen-bond acceptors (Lipinski definition) is 4. The van der Waals surface area contributed by atoms with Gasteiger partial charge in [0.2, 0.25) is 0 Å². The van der Waals surface area contributed by atoms with Crippen LogP contribution in [0.3, 0.4) is 0 Å². The molecule has 1 unspecified atom stereocenters. The topological polar surface area (TPSA) is 44.5 Å². The van der Waals surface area contributed by atoms with Gasteiger partial charge < -0.3 is 15.2 Å². The van der Waals surface area contributed by atoms with Gasteiger partial charge in [0.1, 0.15) is 0 Å². The van der Waals surface area contributed by atoms with E-state index >= 15 is 0 Å². The summed E-state index contributed by atoms with van der Waals surface area (Å²) in [5.41, 5.74) is 5.51. The first-order valence-electron chi connectivity index (χ1n) is 4.44. The van der Waals surface area contributed by atoms with Gasteiger partial charge in [0.05, 0.1) is 12.7 Å². The number of nitrogens with two attached hydrogens (primary N) is 1. The third-order valence-corrected chi connectivity index (χ3v) is 3.42. The zero-order valence-corrected chi connectivity index (χ0v) is 7.94. The quantitative estimate of drug-likeness (QED) is 0.655. The Balaban J connectivity index is 1.94. The Morgan fingerprint density at radius 1 is 1.42 bits per heavy atom. The Bertz CT molecular complexity index is 159. The van der Waals surface area contributed by atoms with E-state index in [1.165, 1.54) is 0 Å². The zero-order valence-electron chi connectivity index (χ0n) is 7.12. The molecule has 1 atom stereocenters. The van der Waals surface area contributed by atoms with Crippen molar-refractivity contribution in [1.82, 2.24) is 0 Å². The van der Waals surface area contributed by atoms with Crippen LogP contribution >= 0.6 is 11.8 Å². The van der Waals surface area contributed by atoms with Crippen molar-refractivity contribution in [2.75, 3.05) is 24.7 Å². The molecule has 0 radical (unpaired) electrons. The van der Waals surface area contributed by atoms with Crippen molar-refractivity contribution in [3.05, 3.63) is 0 Å². The van der Waals surface area contributed by atoms with Crippen LogP contribution in [0.15, 0.2) is 0 Å². The van der Waals surface area contributed by atoms with Gasteiger partial charge in [-0.05, 0) is 11.5 Å². The van der Waals surface area contributed by atoms with Crippen molar-refractivity contribution in [2.24, 2.45) is 5.73 Å². The molecule has 0 aliphatic carbocycles. The lowest BCUT2D eigenvalue weighted by atomic mass is 10.1. The summed E-state index contributed by atoms with van der Waals surface area (Å²) >= 11 is 1.97. The van der Waals surface area contributed by atoms with E-state index in [9.17, 15) is 0 Å². The van der Waals surface area contributed by atoms with Crippen molar-refractivity contribution in [3.63, 3.8) is 0 Å². The van der Waals surface area contributed by atoms with Crippen LogP contribution in [0.25, 0.3) is 0 Å². The van der Waals surface area contributed by atoms with E-state index in [-0.39, 0.29) is 11.9 Å². The third-order valence-electron chi connectivity index (χ3n) is 2.43. The molecule has 4 heteroatoms. The van der Waals surface area contributed by atoms with Gasteiger partial charge in [-0.2, -0.15) is 11.8 Å². The lowest BCUT2D eigenvalue weighted by molar-refractivity contribution is -0.170. The van der Waals surface area contributed by atoms with Gasteiger partial charge in [0.15, 0.2) is 5.79 Å². The maximum atomic E-state index is 5.78. The number of hydrogen-bond donors (Lipinski definition) is 1. The van der Waals surface area contributed by atoms with Crippen molar-refractivity contribution in [2.45, 2.75) is 24.7 Å². The SMILES string of the molecule is NCC1COC2(CCSCC2)O1. The van der Waals surface area contributed by atoms with Crippen LogP contribution in [0.5, 0.6) is 0 Å². The fraction of sp³-hybridized carbons (Fsp3) is 1.00. The zero-order chi connectivity index (χ0) is 8.44. The molecular formula is C8H15NO2S. The minimum atomic E-state index is -0.255. The number of thioether (sulfide) groups is 1. The molecule has 0 amide bonds. The van der Waals surface area contributed by atoms with E-state index in [0.29, 0.717) is 13.2 Å². The summed E-state index contributed by atoms with van der Waals surface area (Å²) in [6.45, 7) is 1.26. The molecule has 0 aromatic carbocycles. The third kappa shape index (κ3) is 1.62. The van der Waals surface area contributed by atoms with Crippen LogP contribution in [0.1, 0.15) is 12.8 Å². The lowest BCUT2D eigenvalue weighted by Gasteiger charge is -2.31. The molecule has 2 aliphatic heterocycles. The molecule has 2 rings (SSSR count). The summed E-state index contributed by atoms with van der Waals surface area (Å²) < 4.78 is 11.4. The van der Waals surface area contributed by atoms with Crippen molar-refractivity contribution in [3.8, 4) is 0 Å². The van der Waals surface area contributed by atoms with Crippen LogP contribution in [-0.2, 0) is 9.47 Å². The molecule has 12 heavy (non-hydrogen) atoms. The highest BCUT2D eigenvalue weighted by Crippen LogP contribution is 2.36. The van der Waals surface area contributed by atoms with Gasteiger partial charge in [-0.3, -0.25) is 0 Å². The smallest absolute Gasteiger partial charge is 0.170 e. The normalized spacial score (nSPS) is 34.2. The molecule has 2 aliphatic rings. The molecular weight excluding hydrogens is 174 g/mol. The summed E-state index contributed by atoms with van der Waals surface area (Å²) in [5.74, 6) is 2.05. The second-order valence-electron chi connectivity index (χ2n) is 3.31. The molecule has 2 heterocycles. The highest BCUT2D eigenvalue weighted by Gasteiger charge is 2.41. The largest absolute Gasteiger partial charge is 0.347 e. The Morgan fingerprint density at radius 2 is 2.17 bits per heavy atom. The molecule has 2 N–H and O–H groups in total. The summed E-state index contributed by atoms with van der Waals surface area (Å²) in [5, 5.41) is 0. The maximum Gasteiger partial charge on any atom is 0.170 e. The maximum absolute atomic E-state index is 5.78. The minimum Gasteiger partial charge on any atom is -0.347 e. The molecule has 0 saturated carbocycles. The van der Waals surface area contributed by atoms with Gasteiger partial charge in [-0.15, -0.1) is 0 Å². The van der Waals surface area contributed by atoms with Crippen LogP contribution in [-0.4, -0.2) is 36.5 Å². The predicted octanol–water partition coefficient (Wildman–Crippen LogP) is 0.584. The van der Waals surface area contributed by atoms with Gasteiger partial charge in [0.25, 0.3) is 0 Å². The highest BCUT2D eigenvalue weighted by molar-refractivity contribution is 7.99. The van der Waals surface area contributed by atoms with E-state index in [4.69, 9.17) is 15.2 Å². The van der Waals surface area contributed by atoms with Crippen molar-refractivity contribution >= 4 is 11.8 Å². The first-order chi connectivity index (χ1) is 5.85. The van der Waals surface area contributed by atoms with Crippen molar-refractivity contribution < 1.29 is 9.47 Å². The molecule has 0 aromatic rings. The van der Waals surface area contributed by atoms with E-state index in [1.807, 2.05) is 11.8 Å². The van der Waals surface area contributed by atoms with Gasteiger partial charge in [-0.25, -0.2) is 0 Å². The number of rotatable bonds is 1. The monoisotopic (exact) mass is 189 g/mol. The Hall–Kier alpha value is 0.230. The Labute approximate surface area is 77.0 Å².